The first kappa shape index (κ1) is 29.3. The number of nitrogens with zero attached hydrogens (tertiary/aromatic N) is 1. The lowest BCUT2D eigenvalue weighted by Gasteiger charge is -2.18. The van der Waals surface area contributed by atoms with Crippen molar-refractivity contribution in [3.05, 3.63) is 34.1 Å². The van der Waals surface area contributed by atoms with E-state index in [1.807, 2.05) is 0 Å². The van der Waals surface area contributed by atoms with Crippen LogP contribution in [-0.2, 0) is 33.6 Å². The number of amides is 1. The minimum atomic E-state index is -4.55. The summed E-state index contributed by atoms with van der Waals surface area (Å²) < 4.78 is 45.6. The topological polar surface area (TPSA) is 231 Å². The Labute approximate surface area is 206 Å². The van der Waals surface area contributed by atoms with E-state index in [9.17, 15) is 38.3 Å². The predicted molar refractivity (Wildman–Crippen MR) is 121 cm³/mol. The van der Waals surface area contributed by atoms with Gasteiger partial charge < -0.3 is 29.8 Å². The van der Waals surface area contributed by atoms with Gasteiger partial charge in [-0.05, 0) is 18.1 Å². The van der Waals surface area contributed by atoms with Crippen molar-refractivity contribution in [3.63, 3.8) is 0 Å². The molecule has 0 spiro atoms. The lowest BCUT2D eigenvalue weighted by Crippen LogP contribution is -2.47. The molecule has 202 valence electrons. The van der Waals surface area contributed by atoms with Crippen LogP contribution in [0.4, 0.5) is 5.88 Å². The molecular weight excluding hydrogens is 506 g/mol. The second-order valence-corrected chi connectivity index (χ2v) is 9.38. The van der Waals surface area contributed by atoms with Crippen LogP contribution in [0.5, 0.6) is 0 Å². The number of hydrogen-bond donors (Lipinski definition) is 4. The Bertz CT molecular complexity index is 1060. The summed E-state index contributed by atoms with van der Waals surface area (Å²) in [6.07, 6.45) is -2.53. The molecule has 0 bridgehead atoms. The highest BCUT2D eigenvalue weighted by molar-refractivity contribution is 7.85. The number of rotatable bonds is 13. The van der Waals surface area contributed by atoms with E-state index >= 15 is 0 Å². The van der Waals surface area contributed by atoms with Gasteiger partial charge in [0.2, 0.25) is 0 Å². The van der Waals surface area contributed by atoms with Crippen LogP contribution in [0.15, 0.2) is 22.6 Å². The number of carbonyl (C=O) groups excluding carboxylic acids is 2. The summed E-state index contributed by atoms with van der Waals surface area (Å²) in [5, 5.41) is 30.8. The van der Waals surface area contributed by atoms with Gasteiger partial charge in [0, 0.05) is 12.5 Å². The molecule has 16 heteroatoms. The van der Waals surface area contributed by atoms with E-state index in [0.29, 0.717) is 6.42 Å². The van der Waals surface area contributed by atoms with Crippen molar-refractivity contribution in [2.75, 3.05) is 13.2 Å². The van der Waals surface area contributed by atoms with E-state index in [1.165, 1.54) is 12.1 Å². The first-order chi connectivity index (χ1) is 16.8. The van der Waals surface area contributed by atoms with Crippen LogP contribution < -0.4 is 10.5 Å². The molecule has 6 atom stereocenters. The van der Waals surface area contributed by atoms with Gasteiger partial charge in [-0.25, -0.2) is 9.52 Å². The van der Waals surface area contributed by atoms with Gasteiger partial charge in [0.15, 0.2) is 0 Å². The quantitative estimate of drug-likeness (QED) is 0.107. The molecule has 1 fully saturated rings. The lowest BCUT2D eigenvalue weighted by molar-refractivity contribution is -0.402. The van der Waals surface area contributed by atoms with E-state index < -0.39 is 70.1 Å². The zero-order valence-electron chi connectivity index (χ0n) is 19.5. The average Bonchev–Trinajstić information content (AvgIpc) is 3.41. The monoisotopic (exact) mass is 535 g/mol. The Hall–Kier alpha value is -2.89. The molecule has 6 unspecified atom stereocenters. The number of carbonyl (C=O) groups is 2. The normalized spacial score (nSPS) is 23.9. The second-order valence-electron chi connectivity index (χ2n) is 8.03. The molecule has 2 rings (SSSR count). The van der Waals surface area contributed by atoms with E-state index in [4.69, 9.17) is 23.8 Å². The molecule has 2 heterocycles. The van der Waals surface area contributed by atoms with Crippen molar-refractivity contribution in [3.8, 4) is 0 Å². The van der Waals surface area contributed by atoms with Gasteiger partial charge in [0.05, 0.1) is 31.4 Å². The van der Waals surface area contributed by atoms with Crippen LogP contribution in [-0.4, -0.2) is 79.1 Å². The van der Waals surface area contributed by atoms with Crippen LogP contribution in [0.2, 0.25) is 0 Å². The molecule has 1 saturated heterocycles. The number of aliphatic hydroxyl groups excluding tert-OH is 2. The molecule has 1 aliphatic heterocycles. The maximum atomic E-state index is 12.0. The molecule has 5 N–H and O–H groups in total. The maximum absolute atomic E-state index is 12.0. The van der Waals surface area contributed by atoms with Crippen LogP contribution >= 0.6 is 0 Å². The van der Waals surface area contributed by atoms with Crippen molar-refractivity contribution in [2.45, 2.75) is 57.1 Å². The molecular formula is C20H29N3O12S. The van der Waals surface area contributed by atoms with Gasteiger partial charge in [-0.3, -0.25) is 19.1 Å². The first-order valence-corrected chi connectivity index (χ1v) is 12.3. The fourth-order valence-corrected chi connectivity index (χ4v) is 3.85. The Balaban J connectivity index is 1.78. The Morgan fingerprint density at radius 1 is 1.31 bits per heavy atom. The van der Waals surface area contributed by atoms with Crippen LogP contribution in [0, 0.1) is 16.0 Å². The highest BCUT2D eigenvalue weighted by Gasteiger charge is 2.43. The van der Waals surface area contributed by atoms with Gasteiger partial charge in [-0.2, -0.15) is 8.42 Å². The van der Waals surface area contributed by atoms with Crippen LogP contribution in [0.3, 0.4) is 0 Å². The van der Waals surface area contributed by atoms with Crippen molar-refractivity contribution in [2.24, 2.45) is 11.7 Å². The molecule has 0 saturated carbocycles. The number of esters is 1. The largest absolute Gasteiger partial charge is 0.462 e. The summed E-state index contributed by atoms with van der Waals surface area (Å²) in [6, 6.07) is 1.35. The number of ether oxygens (including phenoxy) is 2. The number of nitrogens with two attached hydrogens (primary N) is 1. The fourth-order valence-electron chi connectivity index (χ4n) is 3.10. The van der Waals surface area contributed by atoms with Gasteiger partial charge in [0.1, 0.15) is 29.0 Å². The molecule has 0 radical (unpaired) electrons. The molecule has 1 amide bonds. The SMILES string of the molecule is CCC(C)C(N)C(=O)NS(=O)(=O)OCC1OC(CCOC(=O)C=Cc2ccc([N+](=O)[O-])o2)C(O)C1O. The molecule has 1 aliphatic rings. The zero-order valence-corrected chi connectivity index (χ0v) is 20.3. The average molecular weight is 536 g/mol. The Kier molecular flexibility index (Phi) is 10.5. The smallest absolute Gasteiger partial charge is 0.433 e. The first-order valence-electron chi connectivity index (χ1n) is 10.9. The third kappa shape index (κ3) is 8.35. The highest BCUT2D eigenvalue weighted by atomic mass is 32.2. The van der Waals surface area contributed by atoms with Crippen LogP contribution in [0.25, 0.3) is 6.08 Å². The summed E-state index contributed by atoms with van der Waals surface area (Å²) in [5.41, 5.74) is 5.68. The Morgan fingerprint density at radius 3 is 2.58 bits per heavy atom. The lowest BCUT2D eigenvalue weighted by atomic mass is 10.00. The van der Waals surface area contributed by atoms with Gasteiger partial charge >= 0.3 is 22.2 Å². The third-order valence-corrected chi connectivity index (χ3v) is 6.35. The minimum Gasteiger partial charge on any atom is -0.462 e. The minimum absolute atomic E-state index is 0.0478. The maximum Gasteiger partial charge on any atom is 0.433 e. The summed E-state index contributed by atoms with van der Waals surface area (Å²) >= 11 is 0. The second kappa shape index (κ2) is 12.9. The summed E-state index contributed by atoms with van der Waals surface area (Å²) in [5.74, 6) is -2.45. The van der Waals surface area contributed by atoms with Crippen molar-refractivity contribution in [1.29, 1.82) is 0 Å². The Morgan fingerprint density at radius 2 is 1.97 bits per heavy atom. The van der Waals surface area contributed by atoms with Gasteiger partial charge in [0.25, 0.3) is 5.91 Å². The van der Waals surface area contributed by atoms with E-state index in [0.717, 1.165) is 12.1 Å². The number of furan rings is 1. The van der Waals surface area contributed by atoms with E-state index in [-0.39, 0.29) is 24.7 Å². The van der Waals surface area contributed by atoms with Crippen molar-refractivity contribution in [1.82, 2.24) is 4.72 Å². The summed E-state index contributed by atoms with van der Waals surface area (Å²) in [4.78, 5) is 33.6. The van der Waals surface area contributed by atoms with Crippen LogP contribution in [0.1, 0.15) is 32.4 Å². The van der Waals surface area contributed by atoms with Gasteiger partial charge in [-0.15, -0.1) is 0 Å². The number of nitro groups is 1. The van der Waals surface area contributed by atoms with Crippen molar-refractivity contribution < 1.29 is 51.2 Å². The molecule has 0 aliphatic carbocycles. The predicted octanol–water partition coefficient (Wildman–Crippen LogP) is -0.625. The standard InChI is InChI=1S/C20H29N3O12S/c1-3-11(2)17(21)20(27)22-36(30,31)33-10-14-19(26)18(25)13(35-14)8-9-32-16(24)7-5-12-4-6-15(34-12)23(28)29/h4-7,11,13-14,17-19,25-26H,3,8-10,21H2,1-2H3,(H,22,27). The summed E-state index contributed by atoms with van der Waals surface area (Å²) in [7, 11) is -4.55. The molecule has 15 nitrogen and oxygen atoms in total. The number of nitrogens with one attached hydrogen (secondary N) is 1. The molecule has 1 aromatic rings. The third-order valence-electron chi connectivity index (χ3n) is 5.46. The molecule has 1 aromatic heterocycles. The fraction of sp³-hybridized carbons (Fsp3) is 0.600. The molecule has 36 heavy (non-hydrogen) atoms. The van der Waals surface area contributed by atoms with E-state index in [2.05, 4.69) is 0 Å². The van der Waals surface area contributed by atoms with Gasteiger partial charge in [-0.1, -0.05) is 20.3 Å². The van der Waals surface area contributed by atoms with Crippen molar-refractivity contribution >= 4 is 34.1 Å². The number of aliphatic hydroxyl groups is 2. The highest BCUT2D eigenvalue weighted by Crippen LogP contribution is 2.24. The zero-order chi connectivity index (χ0) is 27.0. The summed E-state index contributed by atoms with van der Waals surface area (Å²) in [6.45, 7) is 2.54. The van der Waals surface area contributed by atoms with E-state index in [1.54, 1.807) is 18.6 Å². The number of hydrogen-bond acceptors (Lipinski definition) is 13. The molecule has 0 aromatic carbocycles.